The Labute approximate surface area is 132 Å². The number of allylic oxidation sites excluding steroid dienone is 4. The first-order valence-corrected chi connectivity index (χ1v) is 8.09. The second kappa shape index (κ2) is 5.17. The minimum absolute atomic E-state index is 0.507. The molecule has 1 unspecified atom stereocenters. The fourth-order valence-corrected chi connectivity index (χ4v) is 4.36. The van der Waals surface area contributed by atoms with Crippen molar-refractivity contribution in [2.24, 2.45) is 5.92 Å². The van der Waals surface area contributed by atoms with Crippen LogP contribution < -0.4 is 9.47 Å². The summed E-state index contributed by atoms with van der Waals surface area (Å²) >= 11 is 0. The summed E-state index contributed by atoms with van der Waals surface area (Å²) < 4.78 is 11.4. The van der Waals surface area contributed by atoms with Gasteiger partial charge in [-0.2, -0.15) is 0 Å². The van der Waals surface area contributed by atoms with Gasteiger partial charge in [0.25, 0.3) is 0 Å². The Kier molecular flexibility index (Phi) is 3.26. The van der Waals surface area contributed by atoms with Crippen molar-refractivity contribution >= 4 is 5.57 Å². The van der Waals surface area contributed by atoms with E-state index in [4.69, 9.17) is 9.47 Å². The van der Waals surface area contributed by atoms with Gasteiger partial charge >= 0.3 is 0 Å². The van der Waals surface area contributed by atoms with E-state index in [1.165, 1.54) is 28.7 Å². The van der Waals surface area contributed by atoms with Crippen LogP contribution in [0, 0.1) is 5.92 Å². The minimum Gasteiger partial charge on any atom is -0.493 e. The smallest absolute Gasteiger partial charge is 0.168 e. The van der Waals surface area contributed by atoms with Crippen molar-refractivity contribution in [3.05, 3.63) is 41.0 Å². The zero-order valence-corrected chi connectivity index (χ0v) is 13.6. The van der Waals surface area contributed by atoms with Crippen molar-refractivity contribution in [3.8, 4) is 11.5 Å². The number of rotatable bonds is 2. The first-order chi connectivity index (χ1) is 10.7. The van der Waals surface area contributed by atoms with Gasteiger partial charge in [-0.15, -0.1) is 0 Å². The molecule has 0 saturated carbocycles. The van der Waals surface area contributed by atoms with Crippen molar-refractivity contribution in [1.29, 1.82) is 0 Å². The van der Waals surface area contributed by atoms with E-state index in [9.17, 15) is 0 Å². The summed E-state index contributed by atoms with van der Waals surface area (Å²) in [7, 11) is 5.74. The Morgan fingerprint density at radius 2 is 2.09 bits per heavy atom. The maximum Gasteiger partial charge on any atom is 0.168 e. The Hall–Kier alpha value is -1.74. The average molecular weight is 297 g/mol. The Morgan fingerprint density at radius 1 is 1.23 bits per heavy atom. The number of likely N-dealkylation sites (N-methyl/N-ethyl adjacent to an activating group) is 1. The summed E-state index contributed by atoms with van der Waals surface area (Å²) in [6, 6.07) is 2.70. The molecular weight excluding hydrogens is 274 g/mol. The van der Waals surface area contributed by atoms with E-state index in [0.717, 1.165) is 30.9 Å². The molecule has 0 bridgehead atoms. The minimum atomic E-state index is 0.507. The van der Waals surface area contributed by atoms with Gasteiger partial charge in [-0.05, 0) is 55.0 Å². The predicted molar refractivity (Wildman–Crippen MR) is 88.5 cm³/mol. The van der Waals surface area contributed by atoms with Gasteiger partial charge in [-0.3, -0.25) is 4.90 Å². The SMILES string of the molecule is COc1cc2c3c(c1OC)C1=CC=CCC1C[C@H]3N(C)CC2. The van der Waals surface area contributed by atoms with Gasteiger partial charge in [0, 0.05) is 18.2 Å². The van der Waals surface area contributed by atoms with Crippen molar-refractivity contribution in [1.82, 2.24) is 4.90 Å². The topological polar surface area (TPSA) is 21.7 Å². The molecule has 0 N–H and O–H groups in total. The van der Waals surface area contributed by atoms with Gasteiger partial charge in [-0.1, -0.05) is 18.2 Å². The van der Waals surface area contributed by atoms with Crippen LogP contribution in [-0.4, -0.2) is 32.7 Å². The molecule has 1 aromatic carbocycles. The summed E-state index contributed by atoms with van der Waals surface area (Å²) in [6.45, 7) is 1.12. The molecule has 0 spiro atoms. The first kappa shape index (κ1) is 13.9. The zero-order chi connectivity index (χ0) is 15.3. The largest absolute Gasteiger partial charge is 0.493 e. The number of ether oxygens (including phenoxy) is 2. The van der Waals surface area contributed by atoms with Crippen LogP contribution in [0.1, 0.15) is 35.6 Å². The monoisotopic (exact) mass is 297 g/mol. The highest BCUT2D eigenvalue weighted by molar-refractivity contribution is 5.82. The van der Waals surface area contributed by atoms with E-state index < -0.39 is 0 Å². The third-order valence-electron chi connectivity index (χ3n) is 5.46. The van der Waals surface area contributed by atoms with Crippen molar-refractivity contribution < 1.29 is 9.47 Å². The molecule has 1 aliphatic heterocycles. The molecule has 0 amide bonds. The quantitative estimate of drug-likeness (QED) is 0.832. The van der Waals surface area contributed by atoms with Gasteiger partial charge < -0.3 is 9.47 Å². The number of hydrogen-bond donors (Lipinski definition) is 0. The normalized spacial score (nSPS) is 26.0. The average Bonchev–Trinajstić information content (AvgIpc) is 2.57. The maximum atomic E-state index is 5.78. The van der Waals surface area contributed by atoms with Crippen LogP contribution in [0.3, 0.4) is 0 Å². The van der Waals surface area contributed by atoms with Gasteiger partial charge in [0.15, 0.2) is 11.5 Å². The molecule has 0 fully saturated rings. The molecule has 2 atom stereocenters. The van der Waals surface area contributed by atoms with Crippen LogP contribution >= 0.6 is 0 Å². The fraction of sp³-hybridized carbons (Fsp3) is 0.474. The van der Waals surface area contributed by atoms with E-state index >= 15 is 0 Å². The van der Waals surface area contributed by atoms with Crippen molar-refractivity contribution in [3.63, 3.8) is 0 Å². The maximum absolute atomic E-state index is 5.78. The molecule has 116 valence electrons. The fourth-order valence-electron chi connectivity index (χ4n) is 4.36. The van der Waals surface area contributed by atoms with Crippen LogP contribution in [0.15, 0.2) is 24.3 Å². The standard InChI is InChI=1S/C19H23NO2/c1-20-9-8-13-11-16(21-2)19(22-3)18-14-7-5-4-6-12(14)10-15(20)17(13)18/h4-5,7,11-12,15H,6,8-10H2,1-3H3/t12?,15-/m1/s1. The van der Waals surface area contributed by atoms with E-state index in [1.807, 2.05) is 0 Å². The molecule has 2 aliphatic carbocycles. The van der Waals surface area contributed by atoms with E-state index in [2.05, 4.69) is 36.2 Å². The second-order valence-corrected chi connectivity index (χ2v) is 6.52. The van der Waals surface area contributed by atoms with Crippen LogP contribution in [0.25, 0.3) is 5.57 Å². The van der Waals surface area contributed by atoms with Crippen molar-refractivity contribution in [2.45, 2.75) is 25.3 Å². The molecule has 4 rings (SSSR count). The highest BCUT2D eigenvalue weighted by atomic mass is 16.5. The summed E-state index contributed by atoms with van der Waals surface area (Å²) in [5.41, 5.74) is 5.64. The lowest BCUT2D eigenvalue weighted by molar-refractivity contribution is 0.198. The molecular formula is C19H23NO2. The highest BCUT2D eigenvalue weighted by Crippen LogP contribution is 2.54. The molecule has 1 aromatic rings. The zero-order valence-electron chi connectivity index (χ0n) is 13.6. The predicted octanol–water partition coefficient (Wildman–Crippen LogP) is 3.60. The molecule has 22 heavy (non-hydrogen) atoms. The van der Waals surface area contributed by atoms with Crippen LogP contribution in [-0.2, 0) is 6.42 Å². The molecule has 0 aromatic heterocycles. The molecule has 3 heteroatoms. The highest BCUT2D eigenvalue weighted by Gasteiger charge is 2.39. The lowest BCUT2D eigenvalue weighted by Gasteiger charge is -2.44. The number of methoxy groups -OCH3 is 2. The molecule has 0 radical (unpaired) electrons. The van der Waals surface area contributed by atoms with E-state index in [1.54, 1.807) is 14.2 Å². The summed E-state index contributed by atoms with van der Waals surface area (Å²) in [6.07, 6.45) is 10.2. The number of benzene rings is 1. The van der Waals surface area contributed by atoms with E-state index in [0.29, 0.717) is 12.0 Å². The molecule has 0 saturated heterocycles. The first-order valence-electron chi connectivity index (χ1n) is 8.09. The Bertz CT molecular complexity index is 675. The van der Waals surface area contributed by atoms with Gasteiger partial charge in [0.1, 0.15) is 0 Å². The summed E-state index contributed by atoms with van der Waals surface area (Å²) in [5.74, 6) is 2.38. The summed E-state index contributed by atoms with van der Waals surface area (Å²) in [5, 5.41) is 0. The molecule has 1 heterocycles. The van der Waals surface area contributed by atoms with E-state index in [-0.39, 0.29) is 0 Å². The van der Waals surface area contributed by atoms with Gasteiger partial charge in [0.05, 0.1) is 14.2 Å². The number of fused-ring (bicyclic) bond motifs is 2. The summed E-state index contributed by atoms with van der Waals surface area (Å²) in [4.78, 5) is 2.51. The van der Waals surface area contributed by atoms with Gasteiger partial charge in [-0.25, -0.2) is 0 Å². The third kappa shape index (κ3) is 1.85. The third-order valence-corrected chi connectivity index (χ3v) is 5.46. The molecule has 3 aliphatic rings. The Morgan fingerprint density at radius 3 is 2.86 bits per heavy atom. The lowest BCUT2D eigenvalue weighted by atomic mass is 9.70. The van der Waals surface area contributed by atoms with Crippen LogP contribution in [0.5, 0.6) is 11.5 Å². The number of hydrogen-bond acceptors (Lipinski definition) is 3. The van der Waals surface area contributed by atoms with Gasteiger partial charge in [0.2, 0.25) is 0 Å². The van der Waals surface area contributed by atoms with Crippen LogP contribution in [0.2, 0.25) is 0 Å². The Balaban J connectivity index is 2.03. The lowest BCUT2D eigenvalue weighted by Crippen LogP contribution is -2.37. The molecule has 3 nitrogen and oxygen atoms in total. The van der Waals surface area contributed by atoms with Crippen LogP contribution in [0.4, 0.5) is 0 Å². The number of nitrogens with zero attached hydrogens (tertiary/aromatic N) is 1. The second-order valence-electron chi connectivity index (χ2n) is 6.52. The van der Waals surface area contributed by atoms with Crippen molar-refractivity contribution in [2.75, 3.05) is 27.8 Å².